The normalized spacial score (nSPS) is 9.75. The van der Waals surface area contributed by atoms with E-state index >= 15 is 0 Å². The topological polar surface area (TPSA) is 35.5 Å². The number of hydrogen-bond acceptors (Lipinski definition) is 3. The molecule has 0 aliphatic carbocycles. The zero-order chi connectivity index (χ0) is 8.81. The van der Waals surface area contributed by atoms with Gasteiger partial charge in [0.15, 0.2) is 0 Å². The van der Waals surface area contributed by atoms with E-state index in [2.05, 4.69) is 4.18 Å². The molecule has 0 atom stereocenters. The van der Waals surface area contributed by atoms with Crippen LogP contribution in [0.1, 0.15) is 5.56 Å². The van der Waals surface area contributed by atoms with Gasteiger partial charge in [-0.05, 0) is 17.7 Å². The van der Waals surface area contributed by atoms with Gasteiger partial charge in [-0.1, -0.05) is 12.1 Å². The quantitative estimate of drug-likeness (QED) is 0.714. The maximum atomic E-state index is 9.95. The Labute approximate surface area is 75.0 Å². The minimum atomic E-state index is -0.288. The Morgan fingerprint density at radius 2 is 2.00 bits per heavy atom. The first kappa shape index (κ1) is 9.22. The summed E-state index contributed by atoms with van der Waals surface area (Å²) in [5, 5.41) is 0. The third kappa shape index (κ3) is 2.64. The average Bonchev–Trinajstić information content (AvgIpc) is 2.15. The zero-order valence-electron chi connectivity index (χ0n) is 6.69. The predicted molar refractivity (Wildman–Crippen MR) is 47.3 cm³/mol. The lowest BCUT2D eigenvalue weighted by Gasteiger charge is -2.00. The molecule has 0 fully saturated rings. The summed E-state index contributed by atoms with van der Waals surface area (Å²) in [6, 6.07) is 7.40. The van der Waals surface area contributed by atoms with Crippen molar-refractivity contribution in [2.24, 2.45) is 0 Å². The zero-order valence-corrected chi connectivity index (χ0v) is 7.58. The number of thiol groups is 1. The Bertz CT molecular complexity index is 245. The molecule has 0 aliphatic rings. The summed E-state index contributed by atoms with van der Waals surface area (Å²) in [5.74, 6) is 0.804. The van der Waals surface area contributed by atoms with E-state index in [-0.39, 0.29) is 11.9 Å². The van der Waals surface area contributed by atoms with Crippen molar-refractivity contribution in [3.8, 4) is 5.75 Å². The highest BCUT2D eigenvalue weighted by Gasteiger charge is 1.92. The molecule has 1 aromatic carbocycles. The molecule has 0 saturated carbocycles. The first-order valence-electron chi connectivity index (χ1n) is 3.44. The lowest BCUT2D eigenvalue weighted by atomic mass is 10.2. The second kappa shape index (κ2) is 4.90. The molecular weight excluding hydrogens is 176 g/mol. The van der Waals surface area contributed by atoms with Crippen LogP contribution in [-0.2, 0) is 22.7 Å². The van der Waals surface area contributed by atoms with Gasteiger partial charge in [-0.2, -0.15) is 0 Å². The van der Waals surface area contributed by atoms with Crippen molar-refractivity contribution in [2.45, 2.75) is 6.61 Å². The molecule has 0 unspecified atom stereocenters. The van der Waals surface area contributed by atoms with Crippen LogP contribution in [0.25, 0.3) is 0 Å². The van der Waals surface area contributed by atoms with Gasteiger partial charge in [0, 0.05) is 0 Å². The molecule has 0 aliphatic heterocycles. The number of benzene rings is 1. The van der Waals surface area contributed by atoms with Gasteiger partial charge >= 0.3 is 0 Å². The third-order valence-electron chi connectivity index (χ3n) is 1.44. The average molecular weight is 186 g/mol. The van der Waals surface area contributed by atoms with Gasteiger partial charge in [0.25, 0.3) is 0 Å². The third-order valence-corrected chi connectivity index (χ3v) is 1.68. The summed E-state index contributed by atoms with van der Waals surface area (Å²) in [5.41, 5.74) is 0.971. The minimum Gasteiger partial charge on any atom is -0.497 e. The molecule has 66 valence electrons. The van der Waals surface area contributed by atoms with Crippen LogP contribution in [0.2, 0.25) is 0 Å². The summed E-state index contributed by atoms with van der Waals surface area (Å²) < 4.78 is 19.6. The lowest BCUT2D eigenvalue weighted by Crippen LogP contribution is -1.88. The minimum absolute atomic E-state index is 0.288. The molecule has 1 rings (SSSR count). The van der Waals surface area contributed by atoms with Crippen molar-refractivity contribution >= 4 is 11.9 Å². The first-order valence-corrected chi connectivity index (χ1v) is 4.17. The Morgan fingerprint density at radius 3 is 2.50 bits per heavy atom. The van der Waals surface area contributed by atoms with Gasteiger partial charge in [-0.25, -0.2) is 4.21 Å². The van der Waals surface area contributed by atoms with Crippen LogP contribution in [0.4, 0.5) is 0 Å². The molecule has 0 spiro atoms. The highest BCUT2D eigenvalue weighted by molar-refractivity contribution is 7.60. The molecule has 3 nitrogen and oxygen atoms in total. The molecule has 0 amide bonds. The van der Waals surface area contributed by atoms with Crippen molar-refractivity contribution in [1.82, 2.24) is 0 Å². The molecule has 0 radical (unpaired) electrons. The highest BCUT2D eigenvalue weighted by Crippen LogP contribution is 2.11. The molecule has 0 saturated heterocycles. The van der Waals surface area contributed by atoms with Gasteiger partial charge in [0.1, 0.15) is 17.7 Å². The summed E-state index contributed by atoms with van der Waals surface area (Å²) in [6.45, 7) is 0.356. The molecular formula is C8H10O3S. The van der Waals surface area contributed by atoms with Gasteiger partial charge in [-0.15, -0.1) is 0 Å². The van der Waals surface area contributed by atoms with Gasteiger partial charge in [0.2, 0.25) is 0 Å². The SMILES string of the molecule is COc1ccc(CO[SH]=O)cc1. The van der Waals surface area contributed by atoms with E-state index in [9.17, 15) is 4.21 Å². The molecule has 0 aromatic heterocycles. The standard InChI is InChI=1S/C8H10O3S/c1-10-8-4-2-7(3-5-8)6-11-12-9/h2-5,12H,6H2,1H3. The predicted octanol–water partition coefficient (Wildman–Crippen LogP) is 1.07. The summed E-state index contributed by atoms with van der Waals surface area (Å²) in [4.78, 5) is 0. The first-order chi connectivity index (χ1) is 5.86. The molecule has 0 bridgehead atoms. The monoisotopic (exact) mass is 186 g/mol. The molecule has 12 heavy (non-hydrogen) atoms. The van der Waals surface area contributed by atoms with Crippen LogP contribution < -0.4 is 4.74 Å². The van der Waals surface area contributed by atoms with E-state index in [0.717, 1.165) is 11.3 Å². The summed E-state index contributed by atoms with van der Waals surface area (Å²) >= 11 is -0.288. The van der Waals surface area contributed by atoms with Crippen molar-refractivity contribution in [2.75, 3.05) is 7.11 Å². The van der Waals surface area contributed by atoms with Crippen LogP contribution in [0.3, 0.4) is 0 Å². The maximum absolute atomic E-state index is 9.95. The molecule has 0 N–H and O–H groups in total. The Hall–Kier alpha value is -0.870. The lowest BCUT2D eigenvalue weighted by molar-refractivity contribution is 0.348. The molecule has 1 aromatic rings. The number of methoxy groups -OCH3 is 1. The second-order valence-corrected chi connectivity index (χ2v) is 2.60. The van der Waals surface area contributed by atoms with Crippen LogP contribution >= 0.6 is 0 Å². The number of hydrogen-bond donors (Lipinski definition) is 1. The number of rotatable bonds is 4. The Balaban J connectivity index is 2.58. The van der Waals surface area contributed by atoms with Gasteiger partial charge in [0.05, 0.1) is 13.7 Å². The largest absolute Gasteiger partial charge is 0.497 e. The number of ether oxygens (including phenoxy) is 1. The second-order valence-electron chi connectivity index (χ2n) is 2.20. The van der Waals surface area contributed by atoms with Crippen LogP contribution in [-0.4, -0.2) is 11.3 Å². The molecule has 0 heterocycles. The smallest absolute Gasteiger partial charge is 0.142 e. The van der Waals surface area contributed by atoms with Gasteiger partial charge in [-0.3, -0.25) is 4.18 Å². The van der Waals surface area contributed by atoms with Crippen molar-refractivity contribution in [3.05, 3.63) is 29.8 Å². The van der Waals surface area contributed by atoms with Crippen molar-refractivity contribution < 1.29 is 13.1 Å². The highest BCUT2D eigenvalue weighted by atomic mass is 32.2. The van der Waals surface area contributed by atoms with E-state index < -0.39 is 0 Å². The summed E-state index contributed by atoms with van der Waals surface area (Å²) in [6.07, 6.45) is 0. The fraction of sp³-hybridized carbons (Fsp3) is 0.250. The van der Waals surface area contributed by atoms with E-state index in [4.69, 9.17) is 4.74 Å². The Kier molecular flexibility index (Phi) is 3.76. The van der Waals surface area contributed by atoms with Crippen LogP contribution in [0.5, 0.6) is 5.75 Å². The fourth-order valence-electron chi connectivity index (χ4n) is 0.823. The fourth-order valence-corrected chi connectivity index (χ4v) is 1.02. The van der Waals surface area contributed by atoms with Crippen molar-refractivity contribution in [1.29, 1.82) is 0 Å². The van der Waals surface area contributed by atoms with E-state index in [1.807, 2.05) is 24.3 Å². The van der Waals surface area contributed by atoms with E-state index in [0.29, 0.717) is 6.61 Å². The van der Waals surface area contributed by atoms with Crippen LogP contribution in [0.15, 0.2) is 24.3 Å². The summed E-state index contributed by atoms with van der Waals surface area (Å²) in [7, 11) is 1.61. The molecule has 4 heteroatoms. The van der Waals surface area contributed by atoms with Crippen molar-refractivity contribution in [3.63, 3.8) is 0 Å². The maximum Gasteiger partial charge on any atom is 0.142 e. The van der Waals surface area contributed by atoms with E-state index in [1.165, 1.54) is 0 Å². The Morgan fingerprint density at radius 1 is 1.33 bits per heavy atom. The van der Waals surface area contributed by atoms with Gasteiger partial charge < -0.3 is 4.74 Å². The van der Waals surface area contributed by atoms with E-state index in [1.54, 1.807) is 7.11 Å². The van der Waals surface area contributed by atoms with Crippen LogP contribution in [0, 0.1) is 0 Å².